The van der Waals surface area contributed by atoms with E-state index < -0.39 is 0 Å². The molecule has 0 radical (unpaired) electrons. The molecular weight excluding hydrogens is 365 g/mol. The fourth-order valence-electron chi connectivity index (χ4n) is 1.34. The van der Waals surface area contributed by atoms with Gasteiger partial charge in [0.1, 0.15) is 5.75 Å². The van der Waals surface area contributed by atoms with Gasteiger partial charge < -0.3 is 10.1 Å². The average Bonchev–Trinajstić information content (AvgIpc) is 2.33. The van der Waals surface area contributed by atoms with Crippen molar-refractivity contribution in [3.05, 3.63) is 29.3 Å². The van der Waals surface area contributed by atoms with E-state index in [1.807, 2.05) is 0 Å². The molecule has 0 aliphatic heterocycles. The Morgan fingerprint density at radius 3 is 2.78 bits per heavy atom. The molecule has 0 bridgehead atoms. The lowest BCUT2D eigenvalue weighted by Gasteiger charge is -2.19. The maximum Gasteiger partial charge on any atom is 0.258 e. The third kappa shape index (κ3) is 5.44. The van der Waals surface area contributed by atoms with Crippen LogP contribution >= 0.6 is 34.2 Å². The summed E-state index contributed by atoms with van der Waals surface area (Å²) in [5.41, 5.74) is 0. The SMILES string of the molecule is CC(C)C(CI)NC(=O)COc1cccc(Cl)c1. The molecule has 0 aliphatic carbocycles. The molecule has 1 aromatic rings. The largest absolute Gasteiger partial charge is 0.484 e. The highest BCUT2D eigenvalue weighted by Crippen LogP contribution is 2.16. The molecule has 0 spiro atoms. The Morgan fingerprint density at radius 1 is 1.50 bits per heavy atom. The zero-order valence-electron chi connectivity index (χ0n) is 10.5. The van der Waals surface area contributed by atoms with E-state index in [0.29, 0.717) is 16.7 Å². The summed E-state index contributed by atoms with van der Waals surface area (Å²) < 4.78 is 6.26. The highest BCUT2D eigenvalue weighted by Gasteiger charge is 2.14. The van der Waals surface area contributed by atoms with Crippen LogP contribution in [0.25, 0.3) is 0 Å². The number of hydrogen-bond donors (Lipinski definition) is 1. The summed E-state index contributed by atoms with van der Waals surface area (Å²) in [5, 5.41) is 3.54. The van der Waals surface area contributed by atoms with Crippen LogP contribution < -0.4 is 10.1 Å². The van der Waals surface area contributed by atoms with Gasteiger partial charge in [-0.05, 0) is 24.1 Å². The Bertz CT molecular complexity index is 398. The Kier molecular flexibility index (Phi) is 6.78. The lowest BCUT2D eigenvalue weighted by Crippen LogP contribution is -2.42. The van der Waals surface area contributed by atoms with E-state index in [0.717, 1.165) is 4.43 Å². The maximum atomic E-state index is 11.7. The van der Waals surface area contributed by atoms with Gasteiger partial charge in [-0.2, -0.15) is 0 Å². The first-order valence-corrected chi connectivity index (χ1v) is 7.67. The van der Waals surface area contributed by atoms with Crippen LogP contribution in [0.15, 0.2) is 24.3 Å². The molecule has 0 aliphatic rings. The predicted octanol–water partition coefficient (Wildman–Crippen LogP) is 3.29. The predicted molar refractivity (Wildman–Crippen MR) is 82.6 cm³/mol. The molecule has 1 rings (SSSR count). The highest BCUT2D eigenvalue weighted by molar-refractivity contribution is 14.1. The molecule has 0 aromatic heterocycles. The van der Waals surface area contributed by atoms with Gasteiger partial charge in [0.2, 0.25) is 0 Å². The van der Waals surface area contributed by atoms with Crippen LogP contribution in [0.1, 0.15) is 13.8 Å². The summed E-state index contributed by atoms with van der Waals surface area (Å²) in [6.45, 7) is 4.18. The molecular formula is C13H17ClINO2. The van der Waals surface area contributed by atoms with Gasteiger partial charge in [0.05, 0.1) is 0 Å². The molecule has 1 unspecified atom stereocenters. The van der Waals surface area contributed by atoms with Gasteiger partial charge in [-0.1, -0.05) is 54.1 Å². The van der Waals surface area contributed by atoms with E-state index in [-0.39, 0.29) is 18.6 Å². The standard InChI is InChI=1S/C13H17ClINO2/c1-9(2)12(7-15)16-13(17)8-18-11-5-3-4-10(14)6-11/h3-6,9,12H,7-8H2,1-2H3,(H,16,17). The molecule has 100 valence electrons. The highest BCUT2D eigenvalue weighted by atomic mass is 127. The first-order valence-electron chi connectivity index (χ1n) is 5.76. The van der Waals surface area contributed by atoms with E-state index >= 15 is 0 Å². The molecule has 1 amide bonds. The number of amides is 1. The number of alkyl halides is 1. The van der Waals surface area contributed by atoms with Crippen molar-refractivity contribution in [2.45, 2.75) is 19.9 Å². The second kappa shape index (κ2) is 7.84. The second-order valence-electron chi connectivity index (χ2n) is 4.32. The van der Waals surface area contributed by atoms with Gasteiger partial charge in [-0.25, -0.2) is 0 Å². The number of nitrogens with one attached hydrogen (secondary N) is 1. The minimum absolute atomic E-state index is 0.0141. The minimum atomic E-state index is -0.106. The first kappa shape index (κ1) is 15.6. The number of carbonyl (C=O) groups excluding carboxylic acids is 1. The van der Waals surface area contributed by atoms with E-state index in [2.05, 4.69) is 41.8 Å². The first-order chi connectivity index (χ1) is 8.52. The summed E-state index contributed by atoms with van der Waals surface area (Å²) in [6, 6.07) is 7.20. The van der Waals surface area contributed by atoms with Crippen molar-refractivity contribution in [1.82, 2.24) is 5.32 Å². The van der Waals surface area contributed by atoms with Crippen LogP contribution in [0.2, 0.25) is 5.02 Å². The minimum Gasteiger partial charge on any atom is -0.484 e. The van der Waals surface area contributed by atoms with Crippen LogP contribution in [-0.4, -0.2) is 23.0 Å². The average molecular weight is 382 g/mol. The van der Waals surface area contributed by atoms with Crippen LogP contribution in [0, 0.1) is 5.92 Å². The van der Waals surface area contributed by atoms with E-state index in [1.54, 1.807) is 24.3 Å². The summed E-state index contributed by atoms with van der Waals surface area (Å²) in [4.78, 5) is 11.7. The molecule has 0 saturated carbocycles. The smallest absolute Gasteiger partial charge is 0.258 e. The maximum absolute atomic E-state index is 11.7. The Balaban J connectivity index is 2.41. The van der Waals surface area contributed by atoms with E-state index in [9.17, 15) is 4.79 Å². The lowest BCUT2D eigenvalue weighted by atomic mass is 10.1. The summed E-state index contributed by atoms with van der Waals surface area (Å²) >= 11 is 8.10. The lowest BCUT2D eigenvalue weighted by molar-refractivity contribution is -0.123. The normalized spacial score (nSPS) is 12.3. The topological polar surface area (TPSA) is 38.3 Å². The molecule has 18 heavy (non-hydrogen) atoms. The zero-order valence-corrected chi connectivity index (χ0v) is 13.4. The van der Waals surface area contributed by atoms with Crippen molar-refractivity contribution >= 4 is 40.1 Å². The van der Waals surface area contributed by atoms with Crippen molar-refractivity contribution in [2.24, 2.45) is 5.92 Å². The number of benzene rings is 1. The van der Waals surface area contributed by atoms with E-state index in [4.69, 9.17) is 16.3 Å². The van der Waals surface area contributed by atoms with Gasteiger partial charge in [0.15, 0.2) is 6.61 Å². The van der Waals surface area contributed by atoms with Gasteiger partial charge in [0.25, 0.3) is 5.91 Å². The van der Waals surface area contributed by atoms with Gasteiger partial charge in [0, 0.05) is 15.5 Å². The molecule has 0 fully saturated rings. The number of ether oxygens (including phenoxy) is 1. The fraction of sp³-hybridized carbons (Fsp3) is 0.462. The van der Waals surface area contributed by atoms with Gasteiger partial charge in [-0.3, -0.25) is 4.79 Å². The number of carbonyl (C=O) groups is 1. The molecule has 0 heterocycles. The second-order valence-corrected chi connectivity index (χ2v) is 5.64. The molecule has 1 atom stereocenters. The summed E-state index contributed by atoms with van der Waals surface area (Å²) in [6.07, 6.45) is 0. The monoisotopic (exact) mass is 381 g/mol. The fourth-order valence-corrected chi connectivity index (χ4v) is 2.76. The molecule has 1 aromatic carbocycles. The van der Waals surface area contributed by atoms with Crippen LogP contribution in [0.4, 0.5) is 0 Å². The number of halogens is 2. The van der Waals surface area contributed by atoms with Crippen molar-refractivity contribution in [3.63, 3.8) is 0 Å². The Labute approximate surface area is 126 Å². The van der Waals surface area contributed by atoms with Crippen LogP contribution in [-0.2, 0) is 4.79 Å². The molecule has 1 N–H and O–H groups in total. The van der Waals surface area contributed by atoms with Gasteiger partial charge in [-0.15, -0.1) is 0 Å². The van der Waals surface area contributed by atoms with Crippen molar-refractivity contribution in [2.75, 3.05) is 11.0 Å². The molecule has 0 saturated heterocycles. The van der Waals surface area contributed by atoms with Gasteiger partial charge >= 0.3 is 0 Å². The zero-order chi connectivity index (χ0) is 13.5. The number of hydrogen-bond acceptors (Lipinski definition) is 2. The third-order valence-electron chi connectivity index (χ3n) is 2.48. The Hall–Kier alpha value is -0.490. The van der Waals surface area contributed by atoms with Crippen molar-refractivity contribution < 1.29 is 9.53 Å². The third-order valence-corrected chi connectivity index (χ3v) is 3.67. The van der Waals surface area contributed by atoms with Crippen LogP contribution in [0.3, 0.4) is 0 Å². The van der Waals surface area contributed by atoms with E-state index in [1.165, 1.54) is 0 Å². The van der Waals surface area contributed by atoms with Crippen LogP contribution in [0.5, 0.6) is 5.75 Å². The van der Waals surface area contributed by atoms with Crippen molar-refractivity contribution in [1.29, 1.82) is 0 Å². The molecule has 5 heteroatoms. The quantitative estimate of drug-likeness (QED) is 0.606. The summed E-state index contributed by atoms with van der Waals surface area (Å²) in [5.74, 6) is 0.913. The summed E-state index contributed by atoms with van der Waals surface area (Å²) in [7, 11) is 0. The number of rotatable bonds is 6. The van der Waals surface area contributed by atoms with Crippen molar-refractivity contribution in [3.8, 4) is 5.75 Å². The molecule has 3 nitrogen and oxygen atoms in total. The Morgan fingerprint density at radius 2 is 2.22 bits per heavy atom.